The van der Waals surface area contributed by atoms with Crippen molar-refractivity contribution in [1.29, 1.82) is 0 Å². The highest BCUT2D eigenvalue weighted by Gasteiger charge is 2.00. The second-order valence-corrected chi connectivity index (χ2v) is 3.69. The molecule has 18 heavy (non-hydrogen) atoms. The van der Waals surface area contributed by atoms with Crippen LogP contribution in [0.1, 0.15) is 22.9 Å². The zero-order chi connectivity index (χ0) is 13.4. The Kier molecular flexibility index (Phi) is 6.51. The molecule has 1 N–H and O–H groups in total. The molecule has 0 radical (unpaired) electrons. The van der Waals surface area contributed by atoms with Crippen LogP contribution in [0.25, 0.3) is 0 Å². The Labute approximate surface area is 110 Å². The summed E-state index contributed by atoms with van der Waals surface area (Å²) in [6.45, 7) is -1.46. The predicted octanol–water partition coefficient (Wildman–Crippen LogP) is 2.68. The Balaban J connectivity index is 0.000000180. The third-order valence-corrected chi connectivity index (χ3v) is 2.35. The average Bonchev–Trinajstić information content (AvgIpc) is 3.07. The lowest BCUT2D eigenvalue weighted by Gasteiger charge is -1.76. The van der Waals surface area contributed by atoms with Gasteiger partial charge in [0.1, 0.15) is 19.0 Å². The van der Waals surface area contributed by atoms with Crippen molar-refractivity contribution in [1.82, 2.24) is 10.3 Å². The molecule has 0 aliphatic rings. The smallest absolute Gasteiger partial charge is 0.168 e. The summed E-state index contributed by atoms with van der Waals surface area (Å²) in [5.41, 5.74) is 1.09. The number of alkyl halides is 3. The van der Waals surface area contributed by atoms with Gasteiger partial charge in [-0.25, -0.2) is 8.78 Å². The summed E-state index contributed by atoms with van der Waals surface area (Å²) in [7, 11) is 0. The van der Waals surface area contributed by atoms with E-state index in [0.29, 0.717) is 11.0 Å². The van der Waals surface area contributed by atoms with Crippen LogP contribution in [-0.2, 0) is 25.3 Å². The van der Waals surface area contributed by atoms with E-state index in [1.54, 1.807) is 6.07 Å². The number of aliphatic hydroxyl groups excluding tert-OH is 1. The van der Waals surface area contributed by atoms with Crippen molar-refractivity contribution in [3.8, 4) is 0 Å². The third kappa shape index (κ3) is 4.53. The fourth-order valence-corrected chi connectivity index (χ4v) is 1.24. The van der Waals surface area contributed by atoms with Gasteiger partial charge in [-0.15, -0.1) is 0 Å². The maximum Gasteiger partial charge on any atom is 0.168 e. The quantitative estimate of drug-likeness (QED) is 0.875. The highest BCUT2D eigenvalue weighted by molar-refractivity contribution is 9.08. The summed E-state index contributed by atoms with van der Waals surface area (Å²) in [6, 6.07) is 2.95. The molecule has 0 saturated heterocycles. The number of rotatable bonds is 4. The van der Waals surface area contributed by atoms with Crippen molar-refractivity contribution < 1.29 is 22.9 Å². The summed E-state index contributed by atoms with van der Waals surface area (Å²) in [5, 5.41) is 15.9. The Hall–Kier alpha value is -1.28. The van der Waals surface area contributed by atoms with E-state index in [2.05, 4.69) is 35.3 Å². The van der Waals surface area contributed by atoms with Crippen LogP contribution in [0.15, 0.2) is 21.2 Å². The molecule has 2 aromatic rings. The SMILES string of the molecule is FCc1cc(CBr)no1.OCc1cc(CF)on1. The number of nitrogens with zero attached hydrogens (tertiary/aromatic N) is 2. The molecule has 2 aromatic heterocycles. The molecule has 0 aromatic carbocycles. The van der Waals surface area contributed by atoms with Crippen LogP contribution in [0.3, 0.4) is 0 Å². The molecule has 0 aliphatic carbocycles. The lowest BCUT2D eigenvalue weighted by Crippen LogP contribution is -1.78. The molecule has 8 heteroatoms. The molecule has 0 atom stereocenters. The van der Waals surface area contributed by atoms with E-state index < -0.39 is 13.3 Å². The minimum atomic E-state index is -0.674. The molecular weight excluding hydrogens is 314 g/mol. The Morgan fingerprint density at radius 1 is 1.06 bits per heavy atom. The van der Waals surface area contributed by atoms with Crippen molar-refractivity contribution >= 4 is 15.9 Å². The van der Waals surface area contributed by atoms with Crippen molar-refractivity contribution in [3.05, 3.63) is 35.0 Å². The van der Waals surface area contributed by atoms with Gasteiger partial charge >= 0.3 is 0 Å². The first kappa shape index (κ1) is 14.8. The molecule has 0 spiro atoms. The lowest BCUT2D eigenvalue weighted by atomic mass is 10.4. The van der Waals surface area contributed by atoms with E-state index in [9.17, 15) is 8.78 Å². The van der Waals surface area contributed by atoms with Crippen molar-refractivity contribution in [3.63, 3.8) is 0 Å². The van der Waals surface area contributed by atoms with Crippen molar-refractivity contribution in [2.45, 2.75) is 25.3 Å². The summed E-state index contributed by atoms with van der Waals surface area (Å²) < 4.78 is 32.4. The normalized spacial score (nSPS) is 10.0. The van der Waals surface area contributed by atoms with Gasteiger partial charge < -0.3 is 14.2 Å². The molecule has 0 aliphatic heterocycles. The van der Waals surface area contributed by atoms with E-state index in [1.807, 2.05) is 0 Å². The van der Waals surface area contributed by atoms with Crippen LogP contribution < -0.4 is 0 Å². The zero-order valence-electron chi connectivity index (χ0n) is 9.28. The summed E-state index contributed by atoms with van der Waals surface area (Å²) in [4.78, 5) is 0. The number of aromatic nitrogens is 2. The van der Waals surface area contributed by atoms with Crippen LogP contribution in [0.4, 0.5) is 8.78 Å². The van der Waals surface area contributed by atoms with E-state index in [1.165, 1.54) is 6.07 Å². The van der Waals surface area contributed by atoms with Gasteiger partial charge in [0.25, 0.3) is 0 Å². The Morgan fingerprint density at radius 3 is 1.83 bits per heavy atom. The molecule has 100 valence electrons. The van der Waals surface area contributed by atoms with Gasteiger partial charge in [0, 0.05) is 17.5 Å². The van der Waals surface area contributed by atoms with E-state index >= 15 is 0 Å². The van der Waals surface area contributed by atoms with Crippen LogP contribution >= 0.6 is 15.9 Å². The fraction of sp³-hybridized carbons (Fsp3) is 0.400. The lowest BCUT2D eigenvalue weighted by molar-refractivity contribution is 0.262. The molecule has 5 nitrogen and oxygen atoms in total. The molecule has 2 rings (SSSR count). The second-order valence-electron chi connectivity index (χ2n) is 3.13. The van der Waals surface area contributed by atoms with Gasteiger partial charge in [0.2, 0.25) is 0 Å². The molecule has 0 bridgehead atoms. The molecule has 0 fully saturated rings. The first-order valence-electron chi connectivity index (χ1n) is 4.91. The van der Waals surface area contributed by atoms with Crippen LogP contribution in [0.2, 0.25) is 0 Å². The number of aliphatic hydroxyl groups is 1. The zero-order valence-corrected chi connectivity index (χ0v) is 10.9. The van der Waals surface area contributed by atoms with Crippen molar-refractivity contribution in [2.75, 3.05) is 0 Å². The van der Waals surface area contributed by atoms with Gasteiger partial charge in [0.05, 0.1) is 12.3 Å². The first-order valence-corrected chi connectivity index (χ1v) is 6.03. The number of halogens is 3. The highest BCUT2D eigenvalue weighted by Crippen LogP contribution is 2.07. The van der Waals surface area contributed by atoms with Gasteiger partial charge in [-0.3, -0.25) is 0 Å². The van der Waals surface area contributed by atoms with Gasteiger partial charge in [-0.2, -0.15) is 0 Å². The average molecular weight is 325 g/mol. The van der Waals surface area contributed by atoms with Crippen molar-refractivity contribution in [2.24, 2.45) is 0 Å². The van der Waals surface area contributed by atoms with Gasteiger partial charge in [0.15, 0.2) is 11.5 Å². The molecule has 0 unspecified atom stereocenters. The predicted molar refractivity (Wildman–Crippen MR) is 61.2 cm³/mol. The molecule has 2 heterocycles. The third-order valence-electron chi connectivity index (χ3n) is 1.78. The maximum absolute atomic E-state index is 11.7. The Bertz CT molecular complexity index is 382. The maximum atomic E-state index is 11.7. The van der Waals surface area contributed by atoms with Gasteiger partial charge in [-0.05, 0) is 0 Å². The van der Waals surface area contributed by atoms with Crippen LogP contribution in [0.5, 0.6) is 0 Å². The minimum Gasteiger partial charge on any atom is -0.390 e. The molecular formula is C10H11BrF2N2O3. The summed E-state index contributed by atoms with van der Waals surface area (Å²) in [5.74, 6) is 0.434. The standard InChI is InChI=1S/C5H5BrFNO.C5H6FNO2/c6-2-4-1-5(3-7)9-8-4;6-2-5-1-4(3-8)7-9-5/h1H,2-3H2;1,8H,2-3H2. The van der Waals surface area contributed by atoms with Gasteiger partial charge in [-0.1, -0.05) is 26.2 Å². The fourth-order valence-electron chi connectivity index (χ4n) is 0.975. The van der Waals surface area contributed by atoms with Crippen LogP contribution in [0, 0.1) is 0 Å². The van der Waals surface area contributed by atoms with Crippen LogP contribution in [-0.4, -0.2) is 15.4 Å². The van der Waals surface area contributed by atoms with E-state index in [4.69, 9.17) is 5.11 Å². The summed E-state index contributed by atoms with van der Waals surface area (Å²) >= 11 is 3.16. The monoisotopic (exact) mass is 324 g/mol. The topological polar surface area (TPSA) is 72.3 Å². The van der Waals surface area contributed by atoms with E-state index in [-0.39, 0.29) is 18.1 Å². The minimum absolute atomic E-state index is 0.152. The summed E-state index contributed by atoms with van der Waals surface area (Å²) in [6.07, 6.45) is 0. The number of hydrogen-bond acceptors (Lipinski definition) is 5. The first-order chi connectivity index (χ1) is 8.73. The molecule has 0 saturated carbocycles. The Morgan fingerprint density at radius 2 is 1.56 bits per heavy atom. The number of hydrogen-bond donors (Lipinski definition) is 1. The van der Waals surface area contributed by atoms with E-state index in [0.717, 1.165) is 5.69 Å². The largest absolute Gasteiger partial charge is 0.390 e. The molecule has 0 amide bonds. The second kappa shape index (κ2) is 7.93. The highest BCUT2D eigenvalue weighted by atomic mass is 79.9.